The molecule has 0 spiro atoms. The van der Waals surface area contributed by atoms with Gasteiger partial charge in [0.05, 0.1) is 0 Å². The molecule has 1 unspecified atom stereocenters. The zero-order valence-corrected chi connectivity index (χ0v) is 52.4. The molecule has 0 aromatic rings. The first-order valence-corrected chi connectivity index (χ1v) is 34.1. The van der Waals surface area contributed by atoms with Crippen molar-refractivity contribution in [2.75, 3.05) is 13.2 Å². The molecule has 0 amide bonds. The van der Waals surface area contributed by atoms with Crippen molar-refractivity contribution in [3.8, 4) is 0 Å². The smallest absolute Gasteiger partial charge is 0.306 e. The molecule has 0 N–H and O–H groups in total. The van der Waals surface area contributed by atoms with Gasteiger partial charge in [-0.15, -0.1) is 0 Å². The Balaban J connectivity index is 4.40. The highest BCUT2D eigenvalue weighted by atomic mass is 16.6. The lowest BCUT2D eigenvalue weighted by Gasteiger charge is -2.18. The van der Waals surface area contributed by atoms with Crippen LogP contribution in [0.15, 0.2) is 85.1 Å². The summed E-state index contributed by atoms with van der Waals surface area (Å²) in [7, 11) is 0. The first kappa shape index (κ1) is 75.6. The van der Waals surface area contributed by atoms with Crippen LogP contribution in [0.3, 0.4) is 0 Å². The summed E-state index contributed by atoms with van der Waals surface area (Å²) in [6, 6.07) is 0. The molecule has 1 atom stereocenters. The van der Waals surface area contributed by atoms with Gasteiger partial charge in [-0.2, -0.15) is 0 Å². The van der Waals surface area contributed by atoms with E-state index in [1.165, 1.54) is 199 Å². The third-order valence-electron chi connectivity index (χ3n) is 14.8. The van der Waals surface area contributed by atoms with E-state index in [9.17, 15) is 14.4 Å². The summed E-state index contributed by atoms with van der Waals surface area (Å²) in [5.41, 5.74) is 0. The van der Waals surface area contributed by atoms with Crippen molar-refractivity contribution in [3.05, 3.63) is 85.1 Å². The van der Waals surface area contributed by atoms with Crippen molar-refractivity contribution < 1.29 is 28.6 Å². The SMILES string of the molecule is CCCCC/C=C\C/C=C\CCCCCCCCCC(=O)OCC(COC(=O)CCCCCCCCCCCCC/C=C\C/C=C\CCCCCCC)OC(=O)CCCCCCCC/C=C\C/C=C\C/C=C\CCCCCCC. The number of rotatable bonds is 62. The van der Waals surface area contributed by atoms with E-state index in [1.54, 1.807) is 0 Å². The van der Waals surface area contributed by atoms with E-state index in [0.29, 0.717) is 19.3 Å². The Labute approximate surface area is 490 Å². The summed E-state index contributed by atoms with van der Waals surface area (Å²) < 4.78 is 17.0. The van der Waals surface area contributed by atoms with Gasteiger partial charge in [0.1, 0.15) is 13.2 Å². The van der Waals surface area contributed by atoms with E-state index < -0.39 is 6.10 Å². The Kier molecular flexibility index (Phi) is 64.2. The molecule has 0 heterocycles. The Morgan fingerprint density at radius 1 is 0.253 bits per heavy atom. The molecule has 0 aromatic heterocycles. The van der Waals surface area contributed by atoms with Crippen molar-refractivity contribution in [2.45, 2.75) is 348 Å². The fraction of sp³-hybridized carbons (Fsp3) is 0.767. The molecule has 0 saturated heterocycles. The van der Waals surface area contributed by atoms with Crippen LogP contribution in [0.5, 0.6) is 0 Å². The van der Waals surface area contributed by atoms with Gasteiger partial charge < -0.3 is 14.2 Å². The molecule has 0 saturated carbocycles. The van der Waals surface area contributed by atoms with E-state index in [2.05, 4.69) is 106 Å². The summed E-state index contributed by atoms with van der Waals surface area (Å²) in [5.74, 6) is -0.892. The normalized spacial score (nSPS) is 12.6. The van der Waals surface area contributed by atoms with Gasteiger partial charge in [0.15, 0.2) is 6.10 Å². The molecule has 0 fully saturated rings. The lowest BCUT2D eigenvalue weighted by atomic mass is 10.0. The molecule has 456 valence electrons. The van der Waals surface area contributed by atoms with Crippen molar-refractivity contribution in [1.82, 2.24) is 0 Å². The number of hydrogen-bond acceptors (Lipinski definition) is 6. The van der Waals surface area contributed by atoms with E-state index >= 15 is 0 Å². The van der Waals surface area contributed by atoms with Crippen LogP contribution in [-0.4, -0.2) is 37.2 Å². The quantitative estimate of drug-likeness (QED) is 0.0261. The van der Waals surface area contributed by atoms with Gasteiger partial charge in [-0.05, 0) is 122 Å². The molecule has 0 bridgehead atoms. The van der Waals surface area contributed by atoms with Crippen LogP contribution >= 0.6 is 0 Å². The van der Waals surface area contributed by atoms with Gasteiger partial charge in [0.2, 0.25) is 0 Å². The lowest BCUT2D eigenvalue weighted by Crippen LogP contribution is -2.30. The predicted octanol–water partition coefficient (Wildman–Crippen LogP) is 23.4. The Bertz CT molecular complexity index is 1500. The number of carbonyl (C=O) groups excluding carboxylic acids is 3. The number of esters is 3. The maximum atomic E-state index is 12.9. The summed E-state index contributed by atoms with van der Waals surface area (Å²) in [6.07, 6.45) is 88.7. The van der Waals surface area contributed by atoms with E-state index in [4.69, 9.17) is 14.2 Å². The fourth-order valence-corrected chi connectivity index (χ4v) is 9.69. The van der Waals surface area contributed by atoms with E-state index in [-0.39, 0.29) is 31.1 Å². The molecule has 0 aliphatic heterocycles. The van der Waals surface area contributed by atoms with Crippen LogP contribution in [0, 0.1) is 0 Å². The van der Waals surface area contributed by atoms with Gasteiger partial charge >= 0.3 is 17.9 Å². The minimum atomic E-state index is -0.790. The summed E-state index contributed by atoms with van der Waals surface area (Å²) >= 11 is 0. The number of hydrogen-bond donors (Lipinski definition) is 0. The van der Waals surface area contributed by atoms with Gasteiger partial charge in [-0.1, -0.05) is 286 Å². The van der Waals surface area contributed by atoms with Gasteiger partial charge in [-0.3, -0.25) is 14.4 Å². The van der Waals surface area contributed by atoms with Crippen LogP contribution in [-0.2, 0) is 28.6 Å². The topological polar surface area (TPSA) is 78.9 Å². The lowest BCUT2D eigenvalue weighted by molar-refractivity contribution is -0.167. The second kappa shape index (κ2) is 67.1. The first-order valence-electron chi connectivity index (χ1n) is 34.1. The fourth-order valence-electron chi connectivity index (χ4n) is 9.69. The molecule has 0 rings (SSSR count). The molecule has 6 heteroatoms. The van der Waals surface area contributed by atoms with Crippen LogP contribution in [0.25, 0.3) is 0 Å². The van der Waals surface area contributed by atoms with E-state index in [0.717, 1.165) is 103 Å². The molecular weight excluding hydrogens is 973 g/mol. The second-order valence-corrected chi connectivity index (χ2v) is 22.7. The van der Waals surface area contributed by atoms with Crippen LogP contribution in [0.1, 0.15) is 342 Å². The Hall–Kier alpha value is -3.41. The highest BCUT2D eigenvalue weighted by Gasteiger charge is 2.19. The molecule has 0 aliphatic carbocycles. The highest BCUT2D eigenvalue weighted by Crippen LogP contribution is 2.16. The number of unbranched alkanes of at least 4 members (excludes halogenated alkanes) is 37. The largest absolute Gasteiger partial charge is 0.462 e. The monoisotopic (exact) mass is 1100 g/mol. The summed E-state index contributed by atoms with van der Waals surface area (Å²) in [6.45, 7) is 6.61. The zero-order valence-electron chi connectivity index (χ0n) is 52.4. The minimum absolute atomic E-state index is 0.0845. The predicted molar refractivity (Wildman–Crippen MR) is 344 cm³/mol. The van der Waals surface area contributed by atoms with E-state index in [1.807, 2.05) is 0 Å². The Morgan fingerprint density at radius 2 is 0.456 bits per heavy atom. The maximum absolute atomic E-state index is 12.9. The average Bonchev–Trinajstić information content (AvgIpc) is 3.45. The molecule has 6 nitrogen and oxygen atoms in total. The number of ether oxygens (including phenoxy) is 3. The zero-order chi connectivity index (χ0) is 57.1. The standard InChI is InChI=1S/C73H128O6/c1-4-7-10-13-16-19-22-25-28-31-33-35-36-38-39-42-45-48-51-54-57-60-63-66-72(75)78-69-70(68-77-71(74)65-62-59-56-53-50-47-44-41-30-27-24-21-18-15-12-9-6-3)79-73(76)67-64-61-58-55-52-49-46-43-40-37-34-32-29-26-23-20-17-14-11-8-5-2/h18,21-23,25-27,30-34,40,43,70H,4-17,19-20,24,28-29,35-39,41-42,44-69H2,1-3H3/b21-18-,25-22-,26-23-,30-27-,33-31-,34-32-,43-40-. The third kappa shape index (κ3) is 65.3. The molecular formula is C73H128O6. The maximum Gasteiger partial charge on any atom is 0.306 e. The summed E-state index contributed by atoms with van der Waals surface area (Å²) in [4.78, 5) is 38.4. The van der Waals surface area contributed by atoms with Crippen molar-refractivity contribution >= 4 is 17.9 Å². The van der Waals surface area contributed by atoms with Crippen LogP contribution in [0.2, 0.25) is 0 Å². The molecule has 79 heavy (non-hydrogen) atoms. The third-order valence-corrected chi connectivity index (χ3v) is 14.8. The average molecular weight is 1100 g/mol. The van der Waals surface area contributed by atoms with Crippen molar-refractivity contribution in [1.29, 1.82) is 0 Å². The molecule has 0 aromatic carbocycles. The molecule has 0 aliphatic rings. The van der Waals surface area contributed by atoms with Crippen molar-refractivity contribution in [2.24, 2.45) is 0 Å². The van der Waals surface area contributed by atoms with Gasteiger partial charge in [0.25, 0.3) is 0 Å². The van der Waals surface area contributed by atoms with Gasteiger partial charge in [-0.25, -0.2) is 0 Å². The Morgan fingerprint density at radius 3 is 0.734 bits per heavy atom. The number of carbonyl (C=O) groups is 3. The second-order valence-electron chi connectivity index (χ2n) is 22.7. The molecule has 0 radical (unpaired) electrons. The van der Waals surface area contributed by atoms with Gasteiger partial charge in [0, 0.05) is 19.3 Å². The highest BCUT2D eigenvalue weighted by molar-refractivity contribution is 5.71. The van der Waals surface area contributed by atoms with Crippen LogP contribution < -0.4 is 0 Å². The van der Waals surface area contributed by atoms with Crippen molar-refractivity contribution in [3.63, 3.8) is 0 Å². The first-order chi connectivity index (χ1) is 39.0. The van der Waals surface area contributed by atoms with Crippen LogP contribution in [0.4, 0.5) is 0 Å². The number of allylic oxidation sites excluding steroid dienone is 14. The minimum Gasteiger partial charge on any atom is -0.462 e. The summed E-state index contributed by atoms with van der Waals surface area (Å²) in [5, 5.41) is 0.